The molecule has 2 atom stereocenters. The molecule has 0 radical (unpaired) electrons. The lowest BCUT2D eigenvalue weighted by molar-refractivity contribution is 0.144. The summed E-state index contributed by atoms with van der Waals surface area (Å²) in [4.78, 5) is 0. The smallest absolute Gasteiger partial charge is 0.101 e. The SMILES string of the molecule is Cc1ccc(C#N)c(NC2CCCCCC2O)c1. The molecule has 1 aromatic rings. The number of aliphatic hydroxyl groups is 1. The molecule has 1 aromatic carbocycles. The third-order valence-corrected chi connectivity index (χ3v) is 3.62. The summed E-state index contributed by atoms with van der Waals surface area (Å²) in [6.45, 7) is 2.01. The molecule has 3 heteroatoms. The number of aliphatic hydroxyl groups excluding tert-OH is 1. The summed E-state index contributed by atoms with van der Waals surface area (Å²) in [5.41, 5.74) is 2.63. The van der Waals surface area contributed by atoms with Crippen molar-refractivity contribution in [1.82, 2.24) is 0 Å². The second-order valence-electron chi connectivity index (χ2n) is 5.12. The van der Waals surface area contributed by atoms with Crippen molar-refractivity contribution in [2.45, 2.75) is 51.2 Å². The maximum Gasteiger partial charge on any atom is 0.101 e. The molecule has 0 saturated heterocycles. The van der Waals surface area contributed by atoms with Crippen LogP contribution < -0.4 is 5.32 Å². The maximum atomic E-state index is 10.1. The molecule has 2 rings (SSSR count). The first-order valence-electron chi connectivity index (χ1n) is 6.66. The molecule has 18 heavy (non-hydrogen) atoms. The average molecular weight is 244 g/mol. The molecule has 0 bridgehead atoms. The van der Waals surface area contributed by atoms with Gasteiger partial charge in [0, 0.05) is 0 Å². The molecule has 1 saturated carbocycles. The van der Waals surface area contributed by atoms with E-state index in [0.29, 0.717) is 5.56 Å². The molecule has 0 aromatic heterocycles. The van der Waals surface area contributed by atoms with Gasteiger partial charge in [-0.05, 0) is 37.5 Å². The predicted molar refractivity (Wildman–Crippen MR) is 72.4 cm³/mol. The summed E-state index contributed by atoms with van der Waals surface area (Å²) in [6.07, 6.45) is 4.94. The van der Waals surface area contributed by atoms with Gasteiger partial charge < -0.3 is 10.4 Å². The maximum absolute atomic E-state index is 10.1. The summed E-state index contributed by atoms with van der Waals surface area (Å²) in [5.74, 6) is 0. The molecule has 0 heterocycles. The van der Waals surface area contributed by atoms with Crippen LogP contribution in [0, 0.1) is 18.3 Å². The Kier molecular flexibility index (Phi) is 4.22. The topological polar surface area (TPSA) is 56.0 Å². The van der Waals surface area contributed by atoms with Crippen molar-refractivity contribution in [2.24, 2.45) is 0 Å². The minimum atomic E-state index is -0.306. The first-order chi connectivity index (χ1) is 8.70. The van der Waals surface area contributed by atoms with Crippen LogP contribution in [0.15, 0.2) is 18.2 Å². The van der Waals surface area contributed by atoms with Crippen LogP contribution in [0.3, 0.4) is 0 Å². The molecule has 3 nitrogen and oxygen atoms in total. The Morgan fingerprint density at radius 1 is 1.28 bits per heavy atom. The lowest BCUT2D eigenvalue weighted by Crippen LogP contribution is -2.32. The average Bonchev–Trinajstić information content (AvgIpc) is 2.55. The Bertz CT molecular complexity index is 450. The largest absolute Gasteiger partial charge is 0.391 e. The first-order valence-corrected chi connectivity index (χ1v) is 6.66. The Morgan fingerprint density at radius 2 is 2.06 bits per heavy atom. The molecule has 0 amide bonds. The van der Waals surface area contributed by atoms with Crippen LogP contribution in [0.5, 0.6) is 0 Å². The first kappa shape index (κ1) is 12.9. The molecule has 96 valence electrons. The summed E-state index contributed by atoms with van der Waals surface area (Å²) >= 11 is 0. The van der Waals surface area contributed by atoms with Crippen molar-refractivity contribution in [1.29, 1.82) is 5.26 Å². The van der Waals surface area contributed by atoms with Gasteiger partial charge in [0.05, 0.1) is 23.4 Å². The molecule has 1 aliphatic rings. The number of rotatable bonds is 2. The van der Waals surface area contributed by atoms with Gasteiger partial charge in [0.15, 0.2) is 0 Å². The highest BCUT2D eigenvalue weighted by molar-refractivity contribution is 5.59. The van der Waals surface area contributed by atoms with Crippen LogP contribution in [-0.2, 0) is 0 Å². The van der Waals surface area contributed by atoms with Crippen molar-refractivity contribution >= 4 is 5.69 Å². The lowest BCUT2D eigenvalue weighted by atomic mass is 10.0. The normalized spacial score (nSPS) is 24.1. The van der Waals surface area contributed by atoms with Crippen molar-refractivity contribution in [2.75, 3.05) is 5.32 Å². The van der Waals surface area contributed by atoms with Crippen LogP contribution >= 0.6 is 0 Å². The fourth-order valence-electron chi connectivity index (χ4n) is 2.53. The summed E-state index contributed by atoms with van der Waals surface area (Å²) in [5, 5.41) is 22.6. The standard InChI is InChI=1S/C15H20N2O/c1-11-7-8-12(10-16)14(9-11)17-13-5-3-2-4-6-15(13)18/h7-9,13,15,17-18H,2-6H2,1H3. The van der Waals surface area contributed by atoms with Gasteiger partial charge in [0.1, 0.15) is 6.07 Å². The summed E-state index contributed by atoms with van der Waals surface area (Å²) in [6, 6.07) is 8.02. The van der Waals surface area contributed by atoms with Crippen LogP contribution in [0.4, 0.5) is 5.69 Å². The molecule has 1 fully saturated rings. The summed E-state index contributed by atoms with van der Waals surface area (Å²) < 4.78 is 0. The second-order valence-corrected chi connectivity index (χ2v) is 5.12. The number of hydrogen-bond acceptors (Lipinski definition) is 3. The van der Waals surface area contributed by atoms with E-state index >= 15 is 0 Å². The van der Waals surface area contributed by atoms with Gasteiger partial charge >= 0.3 is 0 Å². The fraction of sp³-hybridized carbons (Fsp3) is 0.533. The number of benzene rings is 1. The van der Waals surface area contributed by atoms with E-state index in [2.05, 4.69) is 11.4 Å². The van der Waals surface area contributed by atoms with E-state index in [9.17, 15) is 5.11 Å². The third kappa shape index (κ3) is 3.02. The number of aryl methyl sites for hydroxylation is 1. The van der Waals surface area contributed by atoms with Crippen LogP contribution in [0.2, 0.25) is 0 Å². The Hall–Kier alpha value is -1.53. The highest BCUT2D eigenvalue weighted by Crippen LogP contribution is 2.24. The van der Waals surface area contributed by atoms with Gasteiger partial charge in [-0.2, -0.15) is 5.26 Å². The predicted octanol–water partition coefficient (Wildman–Crippen LogP) is 2.97. The Labute approximate surface area is 108 Å². The van der Waals surface area contributed by atoms with Crippen LogP contribution in [-0.4, -0.2) is 17.3 Å². The van der Waals surface area contributed by atoms with Gasteiger partial charge in [0.2, 0.25) is 0 Å². The lowest BCUT2D eigenvalue weighted by Gasteiger charge is -2.23. The van der Waals surface area contributed by atoms with E-state index in [1.807, 2.05) is 25.1 Å². The highest BCUT2D eigenvalue weighted by atomic mass is 16.3. The quantitative estimate of drug-likeness (QED) is 0.786. The zero-order valence-corrected chi connectivity index (χ0v) is 10.8. The van der Waals surface area contributed by atoms with Crippen molar-refractivity contribution in [3.63, 3.8) is 0 Å². The van der Waals surface area contributed by atoms with E-state index in [0.717, 1.165) is 36.9 Å². The van der Waals surface area contributed by atoms with Crippen molar-refractivity contribution in [3.05, 3.63) is 29.3 Å². The number of nitriles is 1. The van der Waals surface area contributed by atoms with Gasteiger partial charge in [-0.15, -0.1) is 0 Å². The van der Waals surface area contributed by atoms with E-state index in [4.69, 9.17) is 5.26 Å². The van der Waals surface area contributed by atoms with Gasteiger partial charge in [-0.25, -0.2) is 0 Å². The fourth-order valence-corrected chi connectivity index (χ4v) is 2.53. The molecular weight excluding hydrogens is 224 g/mol. The van der Waals surface area contributed by atoms with Gasteiger partial charge in [-0.3, -0.25) is 0 Å². The summed E-state index contributed by atoms with van der Waals surface area (Å²) in [7, 11) is 0. The number of nitrogens with zero attached hydrogens (tertiary/aromatic N) is 1. The third-order valence-electron chi connectivity index (χ3n) is 3.62. The van der Waals surface area contributed by atoms with Gasteiger partial charge in [-0.1, -0.05) is 25.3 Å². The molecule has 0 spiro atoms. The Morgan fingerprint density at radius 3 is 2.83 bits per heavy atom. The molecule has 2 N–H and O–H groups in total. The number of anilines is 1. The van der Waals surface area contributed by atoms with E-state index in [-0.39, 0.29) is 12.1 Å². The van der Waals surface area contributed by atoms with Gasteiger partial charge in [0.25, 0.3) is 0 Å². The number of nitrogens with one attached hydrogen (secondary N) is 1. The van der Waals surface area contributed by atoms with E-state index < -0.39 is 0 Å². The van der Waals surface area contributed by atoms with E-state index in [1.165, 1.54) is 6.42 Å². The van der Waals surface area contributed by atoms with E-state index in [1.54, 1.807) is 0 Å². The van der Waals surface area contributed by atoms with Crippen molar-refractivity contribution in [3.8, 4) is 6.07 Å². The number of hydrogen-bond donors (Lipinski definition) is 2. The van der Waals surface area contributed by atoms with Crippen molar-refractivity contribution < 1.29 is 5.11 Å². The monoisotopic (exact) mass is 244 g/mol. The van der Waals surface area contributed by atoms with Crippen LogP contribution in [0.25, 0.3) is 0 Å². The molecule has 0 aliphatic heterocycles. The minimum Gasteiger partial charge on any atom is -0.391 e. The highest BCUT2D eigenvalue weighted by Gasteiger charge is 2.22. The molecule has 2 unspecified atom stereocenters. The zero-order valence-electron chi connectivity index (χ0n) is 10.8. The minimum absolute atomic E-state index is 0.0707. The Balaban J connectivity index is 2.17. The molecule has 1 aliphatic carbocycles. The second kappa shape index (κ2) is 5.88. The molecular formula is C15H20N2O. The zero-order chi connectivity index (χ0) is 13.0. The van der Waals surface area contributed by atoms with Crippen LogP contribution in [0.1, 0.15) is 43.2 Å².